The molecule has 1 aliphatic rings. The van der Waals surface area contributed by atoms with Crippen LogP contribution in [0.25, 0.3) is 0 Å². The average molecular weight is 257 g/mol. The van der Waals surface area contributed by atoms with E-state index < -0.39 is 0 Å². The maximum atomic E-state index is 3.72. The Balaban J connectivity index is 2.41. The van der Waals surface area contributed by atoms with Gasteiger partial charge >= 0.3 is 0 Å². The summed E-state index contributed by atoms with van der Waals surface area (Å²) in [4.78, 5) is 0. The minimum atomic E-state index is 0.398. The van der Waals surface area contributed by atoms with E-state index in [0.717, 1.165) is 24.4 Å². The molecule has 1 unspecified atom stereocenters. The molecular weight excluding hydrogens is 226 g/mol. The van der Waals surface area contributed by atoms with Crippen LogP contribution in [-0.2, 0) is 0 Å². The highest BCUT2D eigenvalue weighted by Gasteiger charge is 2.26. The third kappa shape index (κ3) is 6.15. The highest BCUT2D eigenvalue weighted by atomic mass is 32.2. The predicted molar refractivity (Wildman–Crippen MR) is 80.8 cm³/mol. The molecule has 17 heavy (non-hydrogen) atoms. The molecule has 1 N–H and O–H groups in total. The van der Waals surface area contributed by atoms with Gasteiger partial charge in [0.15, 0.2) is 0 Å². The molecule has 1 aliphatic carbocycles. The van der Waals surface area contributed by atoms with E-state index in [0.29, 0.717) is 4.75 Å². The molecular formula is C15H31NS. The Kier molecular flexibility index (Phi) is 6.36. The number of rotatable bonds is 5. The topological polar surface area (TPSA) is 12.0 Å². The normalized spacial score (nSPS) is 28.1. The van der Waals surface area contributed by atoms with Crippen LogP contribution in [-0.4, -0.2) is 23.1 Å². The first-order valence-electron chi connectivity index (χ1n) is 7.29. The highest BCUT2D eigenvalue weighted by molar-refractivity contribution is 8.00. The first-order chi connectivity index (χ1) is 7.92. The summed E-state index contributed by atoms with van der Waals surface area (Å²) in [5.41, 5.74) is 0. The molecule has 0 aliphatic heterocycles. The molecule has 0 saturated heterocycles. The van der Waals surface area contributed by atoms with Crippen molar-refractivity contribution in [2.75, 3.05) is 12.3 Å². The van der Waals surface area contributed by atoms with Crippen LogP contribution in [0.3, 0.4) is 0 Å². The van der Waals surface area contributed by atoms with Crippen LogP contribution in [0, 0.1) is 11.8 Å². The van der Waals surface area contributed by atoms with Gasteiger partial charge in [0.2, 0.25) is 0 Å². The molecule has 0 radical (unpaired) electrons. The second-order valence-electron chi connectivity index (χ2n) is 6.61. The zero-order valence-corrected chi connectivity index (χ0v) is 13.2. The van der Waals surface area contributed by atoms with Crippen molar-refractivity contribution in [3.63, 3.8) is 0 Å². The molecule has 1 saturated carbocycles. The summed E-state index contributed by atoms with van der Waals surface area (Å²) in [5, 5.41) is 3.72. The first-order valence-corrected chi connectivity index (χ1v) is 8.28. The van der Waals surface area contributed by atoms with Gasteiger partial charge in [0.25, 0.3) is 0 Å². The maximum absolute atomic E-state index is 3.72. The molecule has 0 amide bonds. The van der Waals surface area contributed by atoms with Gasteiger partial charge in [-0.1, -0.05) is 47.5 Å². The van der Waals surface area contributed by atoms with Gasteiger partial charge in [0, 0.05) is 16.5 Å². The third-order valence-corrected chi connectivity index (χ3v) is 5.18. The molecule has 1 atom stereocenters. The predicted octanol–water partition coefficient (Wildman–Crippen LogP) is 4.32. The fourth-order valence-electron chi connectivity index (χ4n) is 2.65. The molecule has 1 fully saturated rings. The standard InChI is InChI=1S/C15H31NS/c1-6-16-14(11-17-15(3,4)5)13-9-7-12(2)8-10-13/h12-14,16H,6-11H2,1-5H3. The number of hydrogen-bond donors (Lipinski definition) is 1. The molecule has 2 heteroatoms. The summed E-state index contributed by atoms with van der Waals surface area (Å²) in [5.74, 6) is 3.15. The van der Waals surface area contributed by atoms with Crippen molar-refractivity contribution >= 4 is 11.8 Å². The Morgan fingerprint density at radius 3 is 2.24 bits per heavy atom. The van der Waals surface area contributed by atoms with E-state index in [4.69, 9.17) is 0 Å². The maximum Gasteiger partial charge on any atom is 0.0186 e. The molecule has 0 spiro atoms. The van der Waals surface area contributed by atoms with Gasteiger partial charge in [0.05, 0.1) is 0 Å². The molecule has 0 heterocycles. The number of nitrogens with one attached hydrogen (secondary N) is 1. The molecule has 0 aromatic heterocycles. The zero-order valence-electron chi connectivity index (χ0n) is 12.4. The largest absolute Gasteiger partial charge is 0.313 e. The Labute approximate surface area is 113 Å². The van der Waals surface area contributed by atoms with E-state index in [1.165, 1.54) is 31.4 Å². The van der Waals surface area contributed by atoms with E-state index >= 15 is 0 Å². The Morgan fingerprint density at radius 2 is 1.76 bits per heavy atom. The average Bonchev–Trinajstić information content (AvgIpc) is 2.24. The second-order valence-corrected chi connectivity index (χ2v) is 8.45. The van der Waals surface area contributed by atoms with Crippen molar-refractivity contribution < 1.29 is 0 Å². The van der Waals surface area contributed by atoms with Crippen molar-refractivity contribution in [2.24, 2.45) is 11.8 Å². The van der Waals surface area contributed by atoms with E-state index in [9.17, 15) is 0 Å². The Morgan fingerprint density at radius 1 is 1.18 bits per heavy atom. The van der Waals surface area contributed by atoms with Crippen molar-refractivity contribution in [3.05, 3.63) is 0 Å². The van der Waals surface area contributed by atoms with E-state index in [1.54, 1.807) is 0 Å². The number of thioether (sulfide) groups is 1. The zero-order chi connectivity index (χ0) is 12.9. The van der Waals surface area contributed by atoms with Gasteiger partial charge in [-0.2, -0.15) is 11.8 Å². The third-order valence-electron chi connectivity index (χ3n) is 3.79. The van der Waals surface area contributed by atoms with Crippen LogP contribution in [0.4, 0.5) is 0 Å². The lowest BCUT2D eigenvalue weighted by molar-refractivity contribution is 0.243. The van der Waals surface area contributed by atoms with Crippen LogP contribution in [0.5, 0.6) is 0 Å². The van der Waals surface area contributed by atoms with E-state index in [-0.39, 0.29) is 0 Å². The second kappa shape index (κ2) is 7.04. The summed E-state index contributed by atoms with van der Waals surface area (Å²) < 4.78 is 0.398. The fraction of sp³-hybridized carbons (Fsp3) is 1.00. The first kappa shape index (κ1) is 15.4. The van der Waals surface area contributed by atoms with Crippen LogP contribution in [0.1, 0.15) is 60.3 Å². The van der Waals surface area contributed by atoms with E-state index in [2.05, 4.69) is 51.7 Å². The van der Waals surface area contributed by atoms with Crippen molar-refractivity contribution in [2.45, 2.75) is 71.1 Å². The molecule has 102 valence electrons. The lowest BCUT2D eigenvalue weighted by Gasteiger charge is -2.34. The van der Waals surface area contributed by atoms with Gasteiger partial charge in [-0.15, -0.1) is 0 Å². The Hall–Kier alpha value is 0.310. The van der Waals surface area contributed by atoms with Crippen molar-refractivity contribution in [1.29, 1.82) is 0 Å². The molecule has 1 nitrogen and oxygen atoms in total. The summed E-state index contributed by atoms with van der Waals surface area (Å²) in [7, 11) is 0. The van der Waals surface area contributed by atoms with Gasteiger partial charge in [-0.3, -0.25) is 0 Å². The summed E-state index contributed by atoms with van der Waals surface area (Å²) in [6.45, 7) is 12.7. The minimum absolute atomic E-state index is 0.398. The lowest BCUT2D eigenvalue weighted by atomic mass is 9.79. The van der Waals surface area contributed by atoms with E-state index in [1.807, 2.05) is 0 Å². The molecule has 0 aromatic rings. The SMILES string of the molecule is CCNC(CSC(C)(C)C)C1CCC(C)CC1. The molecule has 0 aromatic carbocycles. The smallest absolute Gasteiger partial charge is 0.0186 e. The van der Waals surface area contributed by atoms with Gasteiger partial charge in [-0.05, 0) is 31.2 Å². The summed E-state index contributed by atoms with van der Waals surface area (Å²) in [6.07, 6.45) is 5.74. The van der Waals surface area contributed by atoms with Crippen LogP contribution < -0.4 is 5.32 Å². The quantitative estimate of drug-likeness (QED) is 0.787. The van der Waals surface area contributed by atoms with Crippen molar-refractivity contribution in [3.8, 4) is 0 Å². The highest BCUT2D eigenvalue weighted by Crippen LogP contribution is 2.33. The van der Waals surface area contributed by atoms with Gasteiger partial charge < -0.3 is 5.32 Å². The Bertz CT molecular complexity index is 201. The van der Waals surface area contributed by atoms with Crippen LogP contribution >= 0.6 is 11.8 Å². The lowest BCUT2D eigenvalue weighted by Crippen LogP contribution is -2.40. The van der Waals surface area contributed by atoms with Crippen LogP contribution in [0.15, 0.2) is 0 Å². The number of hydrogen-bond acceptors (Lipinski definition) is 2. The van der Waals surface area contributed by atoms with Gasteiger partial charge in [0.1, 0.15) is 0 Å². The minimum Gasteiger partial charge on any atom is -0.313 e. The van der Waals surface area contributed by atoms with Crippen molar-refractivity contribution in [1.82, 2.24) is 5.32 Å². The molecule has 1 rings (SSSR count). The summed E-state index contributed by atoms with van der Waals surface area (Å²) >= 11 is 2.11. The monoisotopic (exact) mass is 257 g/mol. The summed E-state index contributed by atoms with van der Waals surface area (Å²) in [6, 6.07) is 0.733. The molecule has 0 bridgehead atoms. The fourth-order valence-corrected chi connectivity index (χ4v) is 3.72. The van der Waals surface area contributed by atoms with Crippen LogP contribution in [0.2, 0.25) is 0 Å². The van der Waals surface area contributed by atoms with Gasteiger partial charge in [-0.25, -0.2) is 0 Å².